The Morgan fingerprint density at radius 2 is 1.82 bits per heavy atom. The SMILES string of the molecule is C[S+](=O)(O)c1ccc(-c2sc(-c3ccccc3CCl)nc2-c2cccs2)cc1. The zero-order valence-corrected chi connectivity index (χ0v) is 18.2. The highest BCUT2D eigenvalue weighted by molar-refractivity contribution is 7.97. The van der Waals surface area contributed by atoms with Crippen molar-refractivity contribution in [3.05, 3.63) is 71.6 Å². The number of benzene rings is 2. The molecular weight excluding hydrogens is 430 g/mol. The summed E-state index contributed by atoms with van der Waals surface area (Å²) in [5, 5.41) is 2.95. The lowest BCUT2D eigenvalue weighted by Gasteiger charge is -2.03. The van der Waals surface area contributed by atoms with E-state index in [1.807, 2.05) is 47.8 Å². The van der Waals surface area contributed by atoms with E-state index < -0.39 is 10.2 Å². The van der Waals surface area contributed by atoms with E-state index in [1.54, 1.807) is 34.8 Å². The molecule has 142 valence electrons. The molecule has 0 saturated carbocycles. The molecule has 0 aliphatic heterocycles. The molecule has 0 amide bonds. The van der Waals surface area contributed by atoms with Gasteiger partial charge in [0.15, 0.2) is 4.90 Å². The van der Waals surface area contributed by atoms with E-state index in [0.717, 1.165) is 37.1 Å². The van der Waals surface area contributed by atoms with Crippen molar-refractivity contribution in [3.8, 4) is 31.6 Å². The quantitative estimate of drug-likeness (QED) is 0.268. The van der Waals surface area contributed by atoms with Crippen molar-refractivity contribution in [2.24, 2.45) is 0 Å². The first-order valence-corrected chi connectivity index (χ1v) is 12.6. The highest BCUT2D eigenvalue weighted by Crippen LogP contribution is 2.43. The van der Waals surface area contributed by atoms with Crippen LogP contribution < -0.4 is 0 Å². The Hall–Kier alpha value is -1.83. The van der Waals surface area contributed by atoms with E-state index in [1.165, 1.54) is 6.26 Å². The van der Waals surface area contributed by atoms with E-state index in [0.29, 0.717) is 10.8 Å². The minimum atomic E-state index is -2.98. The number of halogens is 1. The third-order valence-electron chi connectivity index (χ3n) is 4.33. The van der Waals surface area contributed by atoms with Gasteiger partial charge in [0.05, 0.1) is 15.4 Å². The average Bonchev–Trinajstić information content (AvgIpc) is 3.37. The topological polar surface area (TPSA) is 50.2 Å². The summed E-state index contributed by atoms with van der Waals surface area (Å²) in [6.07, 6.45) is 1.33. The van der Waals surface area contributed by atoms with Gasteiger partial charge in [0.25, 0.3) is 0 Å². The summed E-state index contributed by atoms with van der Waals surface area (Å²) < 4.78 is 21.7. The summed E-state index contributed by atoms with van der Waals surface area (Å²) in [6.45, 7) is 0. The molecule has 1 N–H and O–H groups in total. The van der Waals surface area contributed by atoms with Crippen molar-refractivity contribution in [1.29, 1.82) is 0 Å². The fourth-order valence-corrected chi connectivity index (χ4v) is 5.72. The molecule has 2 heterocycles. The monoisotopic (exact) mass is 446 g/mol. The first-order chi connectivity index (χ1) is 13.5. The minimum absolute atomic E-state index is 0.422. The number of hydrogen-bond donors (Lipinski definition) is 1. The van der Waals surface area contributed by atoms with Gasteiger partial charge in [0, 0.05) is 11.4 Å². The number of thiophene rings is 1. The van der Waals surface area contributed by atoms with E-state index in [4.69, 9.17) is 16.6 Å². The second-order valence-electron chi connectivity index (χ2n) is 6.29. The van der Waals surface area contributed by atoms with Crippen LogP contribution in [0.4, 0.5) is 0 Å². The summed E-state index contributed by atoms with van der Waals surface area (Å²) in [7, 11) is -2.98. The zero-order chi connectivity index (χ0) is 19.7. The number of hydrogen-bond acceptors (Lipinski definition) is 4. The number of alkyl halides is 1. The van der Waals surface area contributed by atoms with Crippen molar-refractivity contribution in [2.45, 2.75) is 10.8 Å². The van der Waals surface area contributed by atoms with Crippen LogP contribution in [0.25, 0.3) is 31.6 Å². The molecule has 3 nitrogen and oxygen atoms in total. The van der Waals surface area contributed by atoms with Gasteiger partial charge in [-0.3, -0.25) is 0 Å². The third-order valence-corrected chi connectivity index (χ3v) is 7.78. The summed E-state index contributed by atoms with van der Waals surface area (Å²) in [5.41, 5.74) is 3.98. The first kappa shape index (κ1) is 19.5. The number of thiazole rings is 1. The molecule has 0 aliphatic rings. The van der Waals surface area contributed by atoms with Crippen LogP contribution >= 0.6 is 34.3 Å². The molecule has 4 aromatic rings. The van der Waals surface area contributed by atoms with Crippen LogP contribution in [0.3, 0.4) is 0 Å². The maximum Gasteiger partial charge on any atom is 0.244 e. The van der Waals surface area contributed by atoms with Gasteiger partial charge in [-0.2, -0.15) is 4.55 Å². The molecule has 0 saturated heterocycles. The summed E-state index contributed by atoms with van der Waals surface area (Å²) in [6, 6.07) is 19.3. The van der Waals surface area contributed by atoms with Crippen LogP contribution in [0.5, 0.6) is 0 Å². The smallest absolute Gasteiger partial charge is 0.235 e. The van der Waals surface area contributed by atoms with Gasteiger partial charge in [-0.1, -0.05) is 34.5 Å². The molecule has 0 aliphatic carbocycles. The van der Waals surface area contributed by atoms with Gasteiger partial charge in [-0.05, 0) is 46.8 Å². The zero-order valence-electron chi connectivity index (χ0n) is 15.0. The number of nitrogens with zero attached hydrogens (tertiary/aromatic N) is 1. The maximum atomic E-state index is 11.9. The van der Waals surface area contributed by atoms with Crippen molar-refractivity contribution in [3.63, 3.8) is 0 Å². The second-order valence-corrected chi connectivity index (χ2v) is 10.6. The van der Waals surface area contributed by atoms with E-state index in [2.05, 4.69) is 6.07 Å². The Morgan fingerprint density at radius 1 is 1.07 bits per heavy atom. The molecule has 0 spiro atoms. The molecule has 2 aromatic heterocycles. The van der Waals surface area contributed by atoms with Gasteiger partial charge in [-0.15, -0.1) is 34.3 Å². The molecule has 1 unspecified atom stereocenters. The lowest BCUT2D eigenvalue weighted by atomic mass is 10.1. The normalized spacial score (nSPS) is 13.4. The average molecular weight is 447 g/mol. The second kappa shape index (κ2) is 7.89. The van der Waals surface area contributed by atoms with E-state index >= 15 is 0 Å². The van der Waals surface area contributed by atoms with Crippen LogP contribution in [0.1, 0.15) is 5.56 Å². The fourth-order valence-electron chi connectivity index (χ4n) is 2.92. The fraction of sp³-hybridized carbons (Fsp3) is 0.0952. The molecule has 4 rings (SSSR count). The predicted octanol–water partition coefficient (Wildman–Crippen LogP) is 6.91. The van der Waals surface area contributed by atoms with Crippen LogP contribution in [0.2, 0.25) is 0 Å². The van der Waals surface area contributed by atoms with E-state index in [-0.39, 0.29) is 0 Å². The van der Waals surface area contributed by atoms with Crippen molar-refractivity contribution in [2.75, 3.05) is 6.26 Å². The van der Waals surface area contributed by atoms with E-state index in [9.17, 15) is 8.76 Å². The van der Waals surface area contributed by atoms with Gasteiger partial charge in [0.1, 0.15) is 11.3 Å². The molecule has 7 heteroatoms. The van der Waals surface area contributed by atoms with Gasteiger partial charge < -0.3 is 0 Å². The number of aromatic nitrogens is 1. The Balaban J connectivity index is 1.87. The third kappa shape index (κ3) is 3.83. The maximum absolute atomic E-state index is 11.9. The summed E-state index contributed by atoms with van der Waals surface area (Å²) >= 11 is 9.39. The van der Waals surface area contributed by atoms with Crippen molar-refractivity contribution in [1.82, 2.24) is 4.98 Å². The Kier molecular flexibility index (Phi) is 5.49. The predicted molar refractivity (Wildman–Crippen MR) is 121 cm³/mol. The molecule has 2 aromatic carbocycles. The molecule has 0 fully saturated rings. The lowest BCUT2D eigenvalue weighted by Crippen LogP contribution is -2.05. The molecule has 1 atom stereocenters. The summed E-state index contributed by atoms with van der Waals surface area (Å²) in [5.74, 6) is 0.426. The Morgan fingerprint density at radius 3 is 2.46 bits per heavy atom. The van der Waals surface area contributed by atoms with Crippen LogP contribution in [0, 0.1) is 0 Å². The standard InChI is InChI=1S/C21H16ClNO2S3/c1-28(24,25)16-10-8-14(9-11-16)20-19(18-7-4-12-26-18)23-21(27-20)17-6-3-2-5-15(17)13-22/h2-12H,13H2,1H3/p+1. The van der Waals surface area contributed by atoms with Crippen LogP contribution in [-0.2, 0) is 20.3 Å². The Bertz CT molecular complexity index is 1140. The Labute approximate surface area is 177 Å². The van der Waals surface area contributed by atoms with Crippen LogP contribution in [-0.4, -0.2) is 15.8 Å². The van der Waals surface area contributed by atoms with Gasteiger partial charge >= 0.3 is 0 Å². The van der Waals surface area contributed by atoms with Gasteiger partial charge in [-0.25, -0.2) is 4.98 Å². The molecule has 28 heavy (non-hydrogen) atoms. The van der Waals surface area contributed by atoms with Gasteiger partial charge in [0.2, 0.25) is 10.2 Å². The van der Waals surface area contributed by atoms with Crippen LogP contribution in [0.15, 0.2) is 70.9 Å². The molecular formula is C21H17ClNO2S3+. The highest BCUT2D eigenvalue weighted by Gasteiger charge is 2.22. The lowest BCUT2D eigenvalue weighted by molar-refractivity contribution is 0.503. The highest BCUT2D eigenvalue weighted by atomic mass is 35.5. The van der Waals surface area contributed by atoms with Crippen molar-refractivity contribution < 1.29 is 8.76 Å². The molecule has 0 bridgehead atoms. The minimum Gasteiger partial charge on any atom is -0.235 e. The largest absolute Gasteiger partial charge is 0.244 e. The summed E-state index contributed by atoms with van der Waals surface area (Å²) in [4.78, 5) is 7.49. The molecule has 0 radical (unpaired) electrons. The van der Waals surface area contributed by atoms with Crippen molar-refractivity contribution >= 4 is 44.5 Å². The first-order valence-electron chi connectivity index (χ1n) is 8.48. The number of rotatable bonds is 5.